The van der Waals surface area contributed by atoms with Crippen LogP contribution in [-0.4, -0.2) is 30.9 Å². The van der Waals surface area contributed by atoms with Crippen molar-refractivity contribution in [1.29, 1.82) is 0 Å². The average molecular weight is 261 g/mol. The molecule has 0 bridgehead atoms. The summed E-state index contributed by atoms with van der Waals surface area (Å²) in [4.78, 5) is 14.0. The van der Waals surface area contributed by atoms with E-state index < -0.39 is 0 Å². The van der Waals surface area contributed by atoms with E-state index in [-0.39, 0.29) is 11.8 Å². The number of Topliss-reactive ketones (excluding diaryl/α,β-unsaturated/α-hetero) is 1. The first-order valence-corrected chi connectivity index (χ1v) is 7.08. The van der Waals surface area contributed by atoms with Gasteiger partial charge in [0.2, 0.25) is 0 Å². The minimum atomic E-state index is 0.202. The normalized spacial score (nSPS) is 18.0. The lowest BCUT2D eigenvalue weighted by Gasteiger charge is -2.34. The molecule has 1 fully saturated rings. The van der Waals surface area contributed by atoms with Crippen LogP contribution in [0.1, 0.15) is 44.2 Å². The molecule has 1 atom stereocenters. The Morgan fingerprint density at radius 1 is 1.32 bits per heavy atom. The van der Waals surface area contributed by atoms with Crippen molar-refractivity contribution in [2.75, 3.05) is 20.2 Å². The zero-order valence-corrected chi connectivity index (χ0v) is 11.9. The first-order valence-electron chi connectivity index (χ1n) is 7.08. The number of carbonyl (C=O) groups excluding carboxylic acids is 1. The summed E-state index contributed by atoms with van der Waals surface area (Å²) in [6.07, 6.45) is 4.37. The third kappa shape index (κ3) is 3.80. The van der Waals surface area contributed by atoms with Crippen LogP contribution in [0.15, 0.2) is 24.3 Å². The van der Waals surface area contributed by atoms with Gasteiger partial charge in [0, 0.05) is 12.5 Å². The van der Waals surface area contributed by atoms with Gasteiger partial charge in [-0.3, -0.25) is 9.69 Å². The summed E-state index contributed by atoms with van der Waals surface area (Å²) in [6, 6.07) is 8.32. The number of benzene rings is 1. The molecule has 19 heavy (non-hydrogen) atoms. The Kier molecular flexibility index (Phi) is 4.97. The van der Waals surface area contributed by atoms with E-state index in [9.17, 15) is 4.79 Å². The topological polar surface area (TPSA) is 29.5 Å². The molecule has 0 amide bonds. The predicted octanol–water partition coefficient (Wildman–Crippen LogP) is 3.20. The van der Waals surface area contributed by atoms with E-state index in [4.69, 9.17) is 4.74 Å². The van der Waals surface area contributed by atoms with Crippen molar-refractivity contribution in [3.63, 3.8) is 0 Å². The third-order valence-electron chi connectivity index (χ3n) is 3.79. The summed E-state index contributed by atoms with van der Waals surface area (Å²) in [7, 11) is 1.68. The number of nitrogens with zero attached hydrogens (tertiary/aromatic N) is 1. The van der Waals surface area contributed by atoms with Gasteiger partial charge in [0.1, 0.15) is 11.5 Å². The summed E-state index contributed by atoms with van der Waals surface area (Å²) in [5.41, 5.74) is 1.19. The molecular weight excluding hydrogens is 238 g/mol. The molecule has 0 radical (unpaired) electrons. The van der Waals surface area contributed by atoms with Crippen molar-refractivity contribution in [3.8, 4) is 5.75 Å². The fourth-order valence-electron chi connectivity index (χ4n) is 2.81. The summed E-state index contributed by atoms with van der Waals surface area (Å²) in [5, 5.41) is 0. The van der Waals surface area contributed by atoms with Gasteiger partial charge in [0.25, 0.3) is 0 Å². The lowest BCUT2D eigenvalue weighted by atomic mass is 9.97. The molecular formula is C16H23NO2. The minimum absolute atomic E-state index is 0.202. The molecule has 3 heteroatoms. The van der Waals surface area contributed by atoms with E-state index in [1.165, 1.54) is 24.8 Å². The van der Waals surface area contributed by atoms with Crippen molar-refractivity contribution in [2.24, 2.45) is 0 Å². The molecule has 1 heterocycles. The standard InChI is InChI=1S/C16H23NO2/c1-13(18)11-16(17-9-4-3-5-10-17)14-7-6-8-15(12-14)19-2/h6-8,12,16H,3-5,9-11H2,1-2H3. The minimum Gasteiger partial charge on any atom is -0.497 e. The number of likely N-dealkylation sites (tertiary alicyclic amines) is 1. The fourth-order valence-corrected chi connectivity index (χ4v) is 2.81. The van der Waals surface area contributed by atoms with Gasteiger partial charge in [-0.15, -0.1) is 0 Å². The van der Waals surface area contributed by atoms with Crippen LogP contribution in [0.5, 0.6) is 5.75 Å². The van der Waals surface area contributed by atoms with Gasteiger partial charge in [-0.05, 0) is 50.6 Å². The molecule has 0 saturated carbocycles. The van der Waals surface area contributed by atoms with Crippen molar-refractivity contribution < 1.29 is 9.53 Å². The van der Waals surface area contributed by atoms with E-state index in [2.05, 4.69) is 17.0 Å². The second-order valence-electron chi connectivity index (χ2n) is 5.30. The quantitative estimate of drug-likeness (QED) is 0.815. The average Bonchev–Trinajstić information content (AvgIpc) is 2.45. The largest absolute Gasteiger partial charge is 0.497 e. The first kappa shape index (κ1) is 14.1. The van der Waals surface area contributed by atoms with Crippen molar-refractivity contribution in [1.82, 2.24) is 4.90 Å². The Balaban J connectivity index is 2.21. The molecule has 0 aliphatic carbocycles. The molecule has 1 unspecified atom stereocenters. The molecule has 0 spiro atoms. The molecule has 0 aromatic heterocycles. The molecule has 3 nitrogen and oxygen atoms in total. The second-order valence-corrected chi connectivity index (χ2v) is 5.30. The van der Waals surface area contributed by atoms with Gasteiger partial charge in [0.15, 0.2) is 0 Å². The highest BCUT2D eigenvalue weighted by Gasteiger charge is 2.23. The highest BCUT2D eigenvalue weighted by atomic mass is 16.5. The van der Waals surface area contributed by atoms with Crippen molar-refractivity contribution in [3.05, 3.63) is 29.8 Å². The lowest BCUT2D eigenvalue weighted by molar-refractivity contribution is -0.118. The van der Waals surface area contributed by atoms with Crippen LogP contribution in [0.25, 0.3) is 0 Å². The van der Waals surface area contributed by atoms with Crippen LogP contribution >= 0.6 is 0 Å². The number of rotatable bonds is 5. The van der Waals surface area contributed by atoms with E-state index in [0.717, 1.165) is 18.8 Å². The van der Waals surface area contributed by atoms with Crippen LogP contribution in [0.3, 0.4) is 0 Å². The summed E-state index contributed by atoms with van der Waals surface area (Å²) in [5.74, 6) is 1.11. The zero-order chi connectivity index (χ0) is 13.7. The Morgan fingerprint density at radius 3 is 2.68 bits per heavy atom. The number of ketones is 1. The van der Waals surface area contributed by atoms with Crippen molar-refractivity contribution >= 4 is 5.78 Å². The number of methoxy groups -OCH3 is 1. The van der Waals surface area contributed by atoms with Gasteiger partial charge >= 0.3 is 0 Å². The smallest absolute Gasteiger partial charge is 0.131 e. The molecule has 104 valence electrons. The molecule has 1 aromatic carbocycles. The van der Waals surface area contributed by atoms with Gasteiger partial charge < -0.3 is 4.74 Å². The van der Waals surface area contributed by atoms with Gasteiger partial charge in [-0.1, -0.05) is 18.6 Å². The number of carbonyl (C=O) groups is 1. The molecule has 0 N–H and O–H groups in total. The Hall–Kier alpha value is -1.35. The number of ether oxygens (including phenoxy) is 1. The van der Waals surface area contributed by atoms with Gasteiger partial charge in [-0.2, -0.15) is 0 Å². The highest BCUT2D eigenvalue weighted by molar-refractivity contribution is 5.76. The maximum Gasteiger partial charge on any atom is 0.131 e. The predicted molar refractivity (Wildman–Crippen MR) is 76.5 cm³/mol. The Morgan fingerprint density at radius 2 is 2.05 bits per heavy atom. The molecule has 2 rings (SSSR count). The van der Waals surface area contributed by atoms with Crippen LogP contribution in [0, 0.1) is 0 Å². The number of hydrogen-bond donors (Lipinski definition) is 0. The number of piperidine rings is 1. The monoisotopic (exact) mass is 261 g/mol. The summed E-state index contributed by atoms with van der Waals surface area (Å²) in [6.45, 7) is 3.86. The third-order valence-corrected chi connectivity index (χ3v) is 3.79. The van der Waals surface area contributed by atoms with Crippen LogP contribution < -0.4 is 4.74 Å². The maximum absolute atomic E-state index is 11.6. The summed E-state index contributed by atoms with van der Waals surface area (Å²) < 4.78 is 5.29. The van der Waals surface area contributed by atoms with Gasteiger partial charge in [-0.25, -0.2) is 0 Å². The van der Waals surface area contributed by atoms with E-state index in [1.807, 2.05) is 12.1 Å². The SMILES string of the molecule is COc1cccc(C(CC(C)=O)N2CCCCC2)c1. The Bertz CT molecular complexity index is 425. The first-order chi connectivity index (χ1) is 9.20. The molecule has 1 aliphatic rings. The molecule has 1 aromatic rings. The molecule has 1 saturated heterocycles. The number of hydrogen-bond acceptors (Lipinski definition) is 3. The molecule has 1 aliphatic heterocycles. The fraction of sp³-hybridized carbons (Fsp3) is 0.562. The van der Waals surface area contributed by atoms with E-state index >= 15 is 0 Å². The second kappa shape index (κ2) is 6.71. The van der Waals surface area contributed by atoms with Crippen molar-refractivity contribution in [2.45, 2.75) is 38.6 Å². The van der Waals surface area contributed by atoms with E-state index in [1.54, 1.807) is 14.0 Å². The van der Waals surface area contributed by atoms with Crippen LogP contribution in [-0.2, 0) is 4.79 Å². The highest BCUT2D eigenvalue weighted by Crippen LogP contribution is 2.29. The Labute approximate surface area is 115 Å². The van der Waals surface area contributed by atoms with E-state index in [0.29, 0.717) is 6.42 Å². The van der Waals surface area contributed by atoms with Gasteiger partial charge in [0.05, 0.1) is 7.11 Å². The van der Waals surface area contributed by atoms with Crippen LogP contribution in [0.4, 0.5) is 0 Å². The zero-order valence-electron chi connectivity index (χ0n) is 11.9. The maximum atomic E-state index is 11.6. The van der Waals surface area contributed by atoms with Crippen LogP contribution in [0.2, 0.25) is 0 Å². The summed E-state index contributed by atoms with van der Waals surface area (Å²) >= 11 is 0. The lowest BCUT2D eigenvalue weighted by Crippen LogP contribution is -2.34.